The van der Waals surface area contributed by atoms with Gasteiger partial charge in [-0.15, -0.1) is 0 Å². The van der Waals surface area contributed by atoms with Crippen molar-refractivity contribution in [1.29, 1.82) is 0 Å². The number of benzene rings is 1. The van der Waals surface area contributed by atoms with E-state index in [0.29, 0.717) is 30.3 Å². The van der Waals surface area contributed by atoms with Crippen LogP contribution in [0.3, 0.4) is 0 Å². The molecule has 1 aromatic heterocycles. The molecule has 1 heterocycles. The fourth-order valence-electron chi connectivity index (χ4n) is 1.89. The summed E-state index contributed by atoms with van der Waals surface area (Å²) in [5, 5.41) is 6.98. The van der Waals surface area contributed by atoms with Crippen molar-refractivity contribution in [3.8, 4) is 11.4 Å². The van der Waals surface area contributed by atoms with Gasteiger partial charge < -0.3 is 9.84 Å². The summed E-state index contributed by atoms with van der Waals surface area (Å²) in [6.07, 6.45) is -3.85. The summed E-state index contributed by atoms with van der Waals surface area (Å²) in [4.78, 5) is 4.14. The molecular formula is C15H18F3N3O. The highest BCUT2D eigenvalue weighted by Gasteiger charge is 2.30. The predicted octanol–water partition coefficient (Wildman–Crippen LogP) is 3.54. The van der Waals surface area contributed by atoms with Crippen LogP contribution < -0.4 is 5.32 Å². The van der Waals surface area contributed by atoms with Crippen LogP contribution in [-0.2, 0) is 12.6 Å². The third-order valence-electron chi connectivity index (χ3n) is 2.98. The van der Waals surface area contributed by atoms with Gasteiger partial charge >= 0.3 is 6.18 Å². The van der Waals surface area contributed by atoms with E-state index in [1.807, 2.05) is 0 Å². The maximum absolute atomic E-state index is 12.7. The van der Waals surface area contributed by atoms with Crippen molar-refractivity contribution in [3.63, 3.8) is 0 Å². The van der Waals surface area contributed by atoms with Crippen molar-refractivity contribution in [2.45, 2.75) is 26.4 Å². The molecule has 120 valence electrons. The zero-order valence-electron chi connectivity index (χ0n) is 12.4. The number of nitrogens with one attached hydrogen (secondary N) is 1. The van der Waals surface area contributed by atoms with Gasteiger partial charge in [0.2, 0.25) is 11.7 Å². The molecule has 4 nitrogen and oxygen atoms in total. The molecule has 0 saturated carbocycles. The van der Waals surface area contributed by atoms with Crippen molar-refractivity contribution in [1.82, 2.24) is 15.5 Å². The van der Waals surface area contributed by atoms with Gasteiger partial charge in [-0.2, -0.15) is 18.2 Å². The molecule has 0 spiro atoms. The molecule has 0 bridgehead atoms. The van der Waals surface area contributed by atoms with Gasteiger partial charge in [0, 0.05) is 18.5 Å². The van der Waals surface area contributed by atoms with Gasteiger partial charge in [-0.25, -0.2) is 0 Å². The lowest BCUT2D eigenvalue weighted by Gasteiger charge is -2.06. The molecule has 0 saturated heterocycles. The summed E-state index contributed by atoms with van der Waals surface area (Å²) < 4.78 is 43.1. The SMILES string of the molecule is CC(C)CNCCc1nc(-c2cccc(C(F)(F)F)c2)no1. The van der Waals surface area contributed by atoms with E-state index in [2.05, 4.69) is 29.3 Å². The molecule has 0 unspecified atom stereocenters. The summed E-state index contributed by atoms with van der Waals surface area (Å²) in [7, 11) is 0. The molecule has 0 amide bonds. The lowest BCUT2D eigenvalue weighted by molar-refractivity contribution is -0.137. The molecule has 0 aliphatic carbocycles. The molecular weight excluding hydrogens is 295 g/mol. The average Bonchev–Trinajstić information content (AvgIpc) is 2.91. The van der Waals surface area contributed by atoms with E-state index >= 15 is 0 Å². The van der Waals surface area contributed by atoms with Crippen LogP contribution in [0.15, 0.2) is 28.8 Å². The van der Waals surface area contributed by atoms with Gasteiger partial charge in [-0.05, 0) is 24.6 Å². The van der Waals surface area contributed by atoms with E-state index in [1.165, 1.54) is 12.1 Å². The lowest BCUT2D eigenvalue weighted by Crippen LogP contribution is -2.22. The molecule has 0 aliphatic heterocycles. The maximum Gasteiger partial charge on any atom is 0.416 e. The number of aromatic nitrogens is 2. The van der Waals surface area contributed by atoms with Crippen molar-refractivity contribution in [2.24, 2.45) is 5.92 Å². The first-order valence-electron chi connectivity index (χ1n) is 7.07. The molecule has 0 radical (unpaired) electrons. The first kappa shape index (κ1) is 16.5. The third kappa shape index (κ3) is 4.56. The Balaban J connectivity index is 2.02. The number of hydrogen-bond donors (Lipinski definition) is 1. The van der Waals surface area contributed by atoms with Gasteiger partial charge in [0.05, 0.1) is 5.56 Å². The number of rotatable bonds is 6. The second kappa shape index (κ2) is 6.91. The summed E-state index contributed by atoms with van der Waals surface area (Å²) >= 11 is 0. The molecule has 2 aromatic rings. The largest absolute Gasteiger partial charge is 0.416 e. The van der Waals surface area contributed by atoms with Crippen LogP contribution in [0.1, 0.15) is 25.3 Å². The predicted molar refractivity (Wildman–Crippen MR) is 76.1 cm³/mol. The molecule has 1 aromatic carbocycles. The minimum Gasteiger partial charge on any atom is -0.339 e. The first-order valence-corrected chi connectivity index (χ1v) is 7.07. The van der Waals surface area contributed by atoms with Crippen molar-refractivity contribution in [3.05, 3.63) is 35.7 Å². The Morgan fingerprint density at radius 2 is 2.05 bits per heavy atom. The Kier molecular flexibility index (Phi) is 5.18. The highest BCUT2D eigenvalue weighted by molar-refractivity contribution is 5.55. The second-order valence-corrected chi connectivity index (χ2v) is 5.44. The second-order valence-electron chi connectivity index (χ2n) is 5.44. The molecule has 0 fully saturated rings. The van der Waals surface area contributed by atoms with Crippen LogP contribution in [0, 0.1) is 5.92 Å². The zero-order valence-corrected chi connectivity index (χ0v) is 12.4. The number of hydrogen-bond acceptors (Lipinski definition) is 4. The molecule has 2 rings (SSSR count). The zero-order chi connectivity index (χ0) is 16.2. The van der Waals surface area contributed by atoms with E-state index < -0.39 is 11.7 Å². The Bertz CT molecular complexity index is 608. The van der Waals surface area contributed by atoms with Crippen LogP contribution in [0.5, 0.6) is 0 Å². The molecule has 22 heavy (non-hydrogen) atoms. The highest BCUT2D eigenvalue weighted by atomic mass is 19.4. The number of alkyl halides is 3. The minimum absolute atomic E-state index is 0.171. The molecule has 1 N–H and O–H groups in total. The fraction of sp³-hybridized carbons (Fsp3) is 0.467. The Labute approximate surface area is 126 Å². The highest BCUT2D eigenvalue weighted by Crippen LogP contribution is 2.31. The monoisotopic (exact) mass is 313 g/mol. The van der Waals surface area contributed by atoms with E-state index in [9.17, 15) is 13.2 Å². The van der Waals surface area contributed by atoms with Gasteiger partial charge in [0.25, 0.3) is 0 Å². The van der Waals surface area contributed by atoms with E-state index in [1.54, 1.807) is 0 Å². The van der Waals surface area contributed by atoms with Crippen LogP contribution in [-0.4, -0.2) is 23.2 Å². The summed E-state index contributed by atoms with van der Waals surface area (Å²) in [5.74, 6) is 1.12. The van der Waals surface area contributed by atoms with E-state index in [0.717, 1.165) is 18.7 Å². The molecule has 7 heteroatoms. The normalized spacial score (nSPS) is 12.1. The minimum atomic E-state index is -4.39. The van der Waals surface area contributed by atoms with Crippen molar-refractivity contribution >= 4 is 0 Å². The van der Waals surface area contributed by atoms with Gasteiger partial charge in [0.15, 0.2) is 0 Å². The topological polar surface area (TPSA) is 51.0 Å². The first-order chi connectivity index (χ1) is 10.4. The lowest BCUT2D eigenvalue weighted by atomic mass is 10.1. The standard InChI is InChI=1S/C15H18F3N3O/c1-10(2)9-19-7-6-13-20-14(21-22-13)11-4-3-5-12(8-11)15(16,17)18/h3-5,8,10,19H,6-7,9H2,1-2H3. The number of nitrogens with zero attached hydrogens (tertiary/aromatic N) is 2. The van der Waals surface area contributed by atoms with Crippen LogP contribution >= 0.6 is 0 Å². The summed E-state index contributed by atoms with van der Waals surface area (Å²) in [6.45, 7) is 5.77. The fourth-order valence-corrected chi connectivity index (χ4v) is 1.89. The van der Waals surface area contributed by atoms with Crippen molar-refractivity contribution in [2.75, 3.05) is 13.1 Å². The van der Waals surface area contributed by atoms with E-state index in [-0.39, 0.29) is 5.82 Å². The van der Waals surface area contributed by atoms with Crippen LogP contribution in [0.2, 0.25) is 0 Å². The van der Waals surface area contributed by atoms with Crippen molar-refractivity contribution < 1.29 is 17.7 Å². The van der Waals surface area contributed by atoms with Crippen LogP contribution in [0.4, 0.5) is 13.2 Å². The number of halogens is 3. The van der Waals surface area contributed by atoms with E-state index in [4.69, 9.17) is 4.52 Å². The van der Waals surface area contributed by atoms with Gasteiger partial charge in [-0.1, -0.05) is 31.1 Å². The molecule has 0 aliphatic rings. The summed E-state index contributed by atoms with van der Waals surface area (Å²) in [5.41, 5.74) is -0.435. The Morgan fingerprint density at radius 3 is 2.73 bits per heavy atom. The third-order valence-corrected chi connectivity index (χ3v) is 2.98. The van der Waals surface area contributed by atoms with Crippen LogP contribution in [0.25, 0.3) is 11.4 Å². The Hall–Kier alpha value is -1.89. The quantitative estimate of drug-likeness (QED) is 0.829. The molecule has 0 atom stereocenters. The smallest absolute Gasteiger partial charge is 0.339 e. The van der Waals surface area contributed by atoms with Gasteiger partial charge in [-0.3, -0.25) is 0 Å². The van der Waals surface area contributed by atoms with Gasteiger partial charge in [0.1, 0.15) is 0 Å². The summed E-state index contributed by atoms with van der Waals surface area (Å²) in [6, 6.07) is 4.89. The Morgan fingerprint density at radius 1 is 1.27 bits per heavy atom. The average molecular weight is 313 g/mol. The maximum atomic E-state index is 12.7.